The zero-order chi connectivity index (χ0) is 25.2. The molecule has 1 fully saturated rings. The average Bonchev–Trinajstić information content (AvgIpc) is 3.36. The summed E-state index contributed by atoms with van der Waals surface area (Å²) in [6, 6.07) is 12.0. The number of anilines is 2. The van der Waals surface area contributed by atoms with Crippen LogP contribution in [-0.4, -0.2) is 64.4 Å². The van der Waals surface area contributed by atoms with Crippen molar-refractivity contribution in [1.82, 2.24) is 19.6 Å². The number of nitrogens with one attached hydrogen (secondary N) is 1. The molecule has 2 amide bonds. The molecule has 5 rings (SSSR count). The highest BCUT2D eigenvalue weighted by Crippen LogP contribution is 2.37. The highest BCUT2D eigenvalue weighted by molar-refractivity contribution is 5.94. The van der Waals surface area contributed by atoms with Crippen molar-refractivity contribution < 1.29 is 23.8 Å². The van der Waals surface area contributed by atoms with Gasteiger partial charge in [-0.3, -0.25) is 14.4 Å². The van der Waals surface area contributed by atoms with Gasteiger partial charge in [0.1, 0.15) is 5.75 Å². The van der Waals surface area contributed by atoms with E-state index in [0.717, 1.165) is 0 Å². The van der Waals surface area contributed by atoms with E-state index in [1.807, 2.05) is 0 Å². The van der Waals surface area contributed by atoms with Gasteiger partial charge in [0.25, 0.3) is 11.5 Å². The minimum atomic E-state index is -0.378. The summed E-state index contributed by atoms with van der Waals surface area (Å²) < 4.78 is 17.9. The van der Waals surface area contributed by atoms with Gasteiger partial charge in [-0.25, -0.2) is 4.68 Å². The SMILES string of the molecule is CC(=O)N1CCN(C(=O)c2ccc(Nc3c(Oc4ccc5c(c4)OCO5)cnn(C)c3=O)cc2)CC1. The number of benzene rings is 2. The van der Waals surface area contributed by atoms with Gasteiger partial charge in [-0.2, -0.15) is 5.10 Å². The molecule has 11 heteroatoms. The predicted octanol–water partition coefficient (Wildman–Crippen LogP) is 2.35. The molecule has 2 aromatic carbocycles. The summed E-state index contributed by atoms with van der Waals surface area (Å²) in [7, 11) is 1.55. The Morgan fingerprint density at radius 1 is 0.972 bits per heavy atom. The summed E-state index contributed by atoms with van der Waals surface area (Å²) in [6.45, 7) is 3.71. The Morgan fingerprint density at radius 3 is 2.39 bits per heavy atom. The van der Waals surface area contributed by atoms with Crippen LogP contribution in [0.1, 0.15) is 17.3 Å². The zero-order valence-electron chi connectivity index (χ0n) is 19.9. The Labute approximate surface area is 206 Å². The molecule has 1 aromatic heterocycles. The number of fused-ring (bicyclic) bond motifs is 1. The number of aryl methyl sites for hydroxylation is 1. The fourth-order valence-corrected chi connectivity index (χ4v) is 4.03. The Morgan fingerprint density at radius 2 is 1.67 bits per heavy atom. The second kappa shape index (κ2) is 9.61. The normalized spacial score (nSPS) is 14.5. The maximum Gasteiger partial charge on any atom is 0.294 e. The number of carbonyl (C=O) groups excluding carboxylic acids is 2. The van der Waals surface area contributed by atoms with E-state index < -0.39 is 0 Å². The van der Waals surface area contributed by atoms with Crippen molar-refractivity contribution in [2.45, 2.75) is 6.92 Å². The smallest absolute Gasteiger partial charge is 0.294 e. The van der Waals surface area contributed by atoms with E-state index in [1.165, 1.54) is 17.8 Å². The second-order valence-corrected chi connectivity index (χ2v) is 8.43. The van der Waals surface area contributed by atoms with Gasteiger partial charge in [0.05, 0.1) is 6.20 Å². The molecule has 0 atom stereocenters. The predicted molar refractivity (Wildman–Crippen MR) is 130 cm³/mol. The van der Waals surface area contributed by atoms with Gasteiger partial charge in [-0.1, -0.05) is 0 Å². The van der Waals surface area contributed by atoms with Gasteiger partial charge in [0, 0.05) is 57.5 Å². The topological polar surface area (TPSA) is 115 Å². The molecular weight excluding hydrogens is 466 g/mol. The highest BCUT2D eigenvalue weighted by Gasteiger charge is 2.23. The van der Waals surface area contributed by atoms with Crippen LogP contribution in [0.2, 0.25) is 0 Å². The summed E-state index contributed by atoms with van der Waals surface area (Å²) in [5, 5.41) is 7.16. The van der Waals surface area contributed by atoms with Gasteiger partial charge >= 0.3 is 0 Å². The first-order chi connectivity index (χ1) is 17.4. The van der Waals surface area contributed by atoms with Crippen molar-refractivity contribution in [3.63, 3.8) is 0 Å². The van der Waals surface area contributed by atoms with Crippen LogP contribution in [0.5, 0.6) is 23.0 Å². The molecule has 0 aliphatic carbocycles. The van der Waals surface area contributed by atoms with Crippen LogP contribution in [0.15, 0.2) is 53.5 Å². The molecule has 1 saturated heterocycles. The van der Waals surface area contributed by atoms with Crippen LogP contribution in [0.25, 0.3) is 0 Å². The zero-order valence-corrected chi connectivity index (χ0v) is 19.9. The van der Waals surface area contributed by atoms with Crippen molar-refractivity contribution in [1.29, 1.82) is 0 Å². The second-order valence-electron chi connectivity index (χ2n) is 8.43. The first kappa shape index (κ1) is 23.2. The van der Waals surface area contributed by atoms with E-state index in [2.05, 4.69) is 10.4 Å². The quantitative estimate of drug-likeness (QED) is 0.579. The lowest BCUT2D eigenvalue weighted by atomic mass is 10.1. The minimum Gasteiger partial charge on any atom is -0.454 e. The van der Waals surface area contributed by atoms with E-state index in [9.17, 15) is 14.4 Å². The Kier molecular flexibility index (Phi) is 6.19. The highest BCUT2D eigenvalue weighted by atomic mass is 16.7. The van der Waals surface area contributed by atoms with Crippen molar-refractivity contribution in [2.75, 3.05) is 38.3 Å². The van der Waals surface area contributed by atoms with Crippen LogP contribution in [-0.2, 0) is 11.8 Å². The molecule has 2 aliphatic heterocycles. The number of amides is 2. The maximum atomic E-state index is 12.9. The molecule has 1 N–H and O–H groups in total. The standard InChI is InChI=1S/C25H25N5O6/c1-16(31)29-9-11-30(12-10-29)24(32)17-3-5-18(6-4-17)27-23-22(14-26-28(2)25(23)33)36-19-7-8-20-21(13-19)35-15-34-20/h3-8,13-14,27H,9-12,15H2,1-2H3. The summed E-state index contributed by atoms with van der Waals surface area (Å²) in [6.07, 6.45) is 1.45. The number of rotatable bonds is 5. The first-order valence-electron chi connectivity index (χ1n) is 11.4. The number of hydrogen-bond acceptors (Lipinski definition) is 8. The Bertz CT molecular complexity index is 1360. The summed E-state index contributed by atoms with van der Waals surface area (Å²) in [4.78, 5) is 40.7. The molecule has 3 heterocycles. The summed E-state index contributed by atoms with van der Waals surface area (Å²) >= 11 is 0. The molecule has 0 unspecified atom stereocenters. The van der Waals surface area contributed by atoms with E-state index in [0.29, 0.717) is 54.7 Å². The van der Waals surface area contributed by atoms with Crippen molar-refractivity contribution in [3.05, 3.63) is 64.6 Å². The summed E-state index contributed by atoms with van der Waals surface area (Å²) in [5.74, 6) is 1.79. The van der Waals surface area contributed by atoms with E-state index in [1.54, 1.807) is 59.3 Å². The molecule has 2 aliphatic rings. The molecule has 36 heavy (non-hydrogen) atoms. The fraction of sp³-hybridized carbons (Fsp3) is 0.280. The van der Waals surface area contributed by atoms with E-state index >= 15 is 0 Å². The molecule has 0 bridgehead atoms. The molecule has 0 radical (unpaired) electrons. The van der Waals surface area contributed by atoms with Gasteiger partial charge in [0.2, 0.25) is 12.7 Å². The Balaban J connectivity index is 1.32. The molecule has 0 spiro atoms. The largest absolute Gasteiger partial charge is 0.454 e. The van der Waals surface area contributed by atoms with Crippen LogP contribution in [0.3, 0.4) is 0 Å². The van der Waals surface area contributed by atoms with Gasteiger partial charge in [-0.15, -0.1) is 0 Å². The fourth-order valence-electron chi connectivity index (χ4n) is 4.03. The maximum absolute atomic E-state index is 12.9. The van der Waals surface area contributed by atoms with Gasteiger partial charge in [-0.05, 0) is 36.4 Å². The molecule has 0 saturated carbocycles. The van der Waals surface area contributed by atoms with Gasteiger partial charge in [0.15, 0.2) is 22.9 Å². The number of ether oxygens (including phenoxy) is 3. The van der Waals surface area contributed by atoms with Crippen molar-refractivity contribution in [3.8, 4) is 23.0 Å². The van der Waals surface area contributed by atoms with Crippen LogP contribution < -0.4 is 25.1 Å². The minimum absolute atomic E-state index is 0.0154. The lowest BCUT2D eigenvalue weighted by molar-refractivity contribution is -0.130. The number of nitrogens with zero attached hydrogens (tertiary/aromatic N) is 4. The molecular formula is C25H25N5O6. The third-order valence-electron chi connectivity index (χ3n) is 6.09. The monoisotopic (exact) mass is 491 g/mol. The average molecular weight is 492 g/mol. The molecule has 11 nitrogen and oxygen atoms in total. The number of carbonyl (C=O) groups is 2. The Hall–Kier alpha value is -4.54. The summed E-state index contributed by atoms with van der Waals surface area (Å²) in [5.41, 5.74) is 0.949. The first-order valence-corrected chi connectivity index (χ1v) is 11.4. The van der Waals surface area contributed by atoms with Crippen molar-refractivity contribution >= 4 is 23.2 Å². The lowest BCUT2D eigenvalue weighted by Gasteiger charge is -2.34. The van der Waals surface area contributed by atoms with Gasteiger partial charge < -0.3 is 29.3 Å². The third-order valence-corrected chi connectivity index (χ3v) is 6.09. The molecule has 186 valence electrons. The number of aromatic nitrogens is 2. The number of hydrogen-bond donors (Lipinski definition) is 1. The van der Waals surface area contributed by atoms with Crippen LogP contribution >= 0.6 is 0 Å². The van der Waals surface area contributed by atoms with Crippen LogP contribution in [0.4, 0.5) is 11.4 Å². The number of piperazine rings is 1. The van der Waals surface area contributed by atoms with Crippen molar-refractivity contribution in [2.24, 2.45) is 7.05 Å². The molecule has 3 aromatic rings. The van der Waals surface area contributed by atoms with E-state index in [-0.39, 0.29) is 35.6 Å². The van der Waals surface area contributed by atoms with E-state index in [4.69, 9.17) is 14.2 Å². The van der Waals surface area contributed by atoms with Crippen LogP contribution in [0, 0.1) is 0 Å². The third kappa shape index (κ3) is 4.67. The lowest BCUT2D eigenvalue weighted by Crippen LogP contribution is -2.50.